The molecule has 0 aliphatic carbocycles. The van der Waals surface area contributed by atoms with Crippen LogP contribution in [0.15, 0.2) is 55.1 Å². The van der Waals surface area contributed by atoms with Crippen LogP contribution in [0, 0.1) is 0 Å². The first kappa shape index (κ1) is 18.7. The Hall–Kier alpha value is -2.63. The smallest absolute Gasteiger partial charge is 0.246 e. The molecule has 2 aromatic carbocycles. The van der Waals surface area contributed by atoms with E-state index in [2.05, 4.69) is 21.7 Å². The lowest BCUT2D eigenvalue weighted by atomic mass is 10.0. The fraction of sp³-hybridized carbons (Fsp3) is 0.190. The number of amides is 1. The van der Waals surface area contributed by atoms with Crippen molar-refractivity contribution in [1.82, 2.24) is 15.1 Å². The summed E-state index contributed by atoms with van der Waals surface area (Å²) in [5, 5.41) is 11.8. The van der Waals surface area contributed by atoms with Gasteiger partial charge in [-0.05, 0) is 18.2 Å². The molecule has 28 heavy (non-hydrogen) atoms. The first-order valence-electron chi connectivity index (χ1n) is 8.95. The molecule has 4 rings (SSSR count). The van der Waals surface area contributed by atoms with Gasteiger partial charge in [-0.3, -0.25) is 4.79 Å². The highest BCUT2D eigenvalue weighted by atomic mass is 35.5. The number of anilines is 1. The zero-order valence-electron chi connectivity index (χ0n) is 15.1. The van der Waals surface area contributed by atoms with Crippen LogP contribution < -0.4 is 4.90 Å². The minimum absolute atomic E-state index is 0.0511. The molecule has 0 radical (unpaired) electrons. The highest BCUT2D eigenvalue weighted by Crippen LogP contribution is 2.36. The van der Waals surface area contributed by atoms with E-state index in [4.69, 9.17) is 23.2 Å². The molecule has 7 heteroatoms. The van der Waals surface area contributed by atoms with Crippen LogP contribution >= 0.6 is 23.2 Å². The second-order valence-corrected chi connectivity index (χ2v) is 7.38. The molecule has 0 atom stereocenters. The highest BCUT2D eigenvalue weighted by molar-refractivity contribution is 6.43. The fourth-order valence-corrected chi connectivity index (χ4v) is 3.77. The van der Waals surface area contributed by atoms with Gasteiger partial charge < -0.3 is 9.80 Å². The van der Waals surface area contributed by atoms with Crippen molar-refractivity contribution in [2.24, 2.45) is 0 Å². The Kier molecular flexibility index (Phi) is 5.20. The maximum Gasteiger partial charge on any atom is 0.246 e. The van der Waals surface area contributed by atoms with Crippen LogP contribution in [-0.2, 0) is 4.79 Å². The van der Waals surface area contributed by atoms with Gasteiger partial charge in [-0.15, -0.1) is 10.2 Å². The van der Waals surface area contributed by atoms with Gasteiger partial charge in [0.25, 0.3) is 0 Å². The largest absolute Gasteiger partial charge is 0.351 e. The predicted molar refractivity (Wildman–Crippen MR) is 114 cm³/mol. The average molecular weight is 413 g/mol. The van der Waals surface area contributed by atoms with Crippen molar-refractivity contribution < 1.29 is 4.79 Å². The second-order valence-electron chi connectivity index (χ2n) is 6.57. The molecule has 1 aliphatic heterocycles. The normalized spacial score (nSPS) is 14.4. The predicted octanol–water partition coefficient (Wildman–Crippen LogP) is 4.44. The van der Waals surface area contributed by atoms with Crippen molar-refractivity contribution in [1.29, 1.82) is 0 Å². The van der Waals surface area contributed by atoms with Crippen LogP contribution in [0.4, 0.5) is 5.82 Å². The summed E-state index contributed by atoms with van der Waals surface area (Å²) in [6, 6.07) is 13.6. The van der Waals surface area contributed by atoms with Crippen LogP contribution in [0.25, 0.3) is 22.0 Å². The number of aromatic nitrogens is 2. The van der Waals surface area contributed by atoms with Gasteiger partial charge in [0.1, 0.15) is 5.69 Å². The van der Waals surface area contributed by atoms with E-state index in [1.54, 1.807) is 4.90 Å². The monoisotopic (exact) mass is 412 g/mol. The van der Waals surface area contributed by atoms with Gasteiger partial charge in [0.05, 0.1) is 10.0 Å². The van der Waals surface area contributed by atoms with Crippen molar-refractivity contribution >= 4 is 45.7 Å². The summed E-state index contributed by atoms with van der Waals surface area (Å²) < 4.78 is 0. The summed E-state index contributed by atoms with van der Waals surface area (Å²) in [4.78, 5) is 15.7. The lowest BCUT2D eigenvalue weighted by molar-refractivity contribution is -0.126. The molecule has 5 nitrogen and oxygen atoms in total. The van der Waals surface area contributed by atoms with Gasteiger partial charge in [-0.1, -0.05) is 60.1 Å². The van der Waals surface area contributed by atoms with Crippen molar-refractivity contribution in [3.8, 4) is 11.3 Å². The quantitative estimate of drug-likeness (QED) is 0.596. The van der Waals surface area contributed by atoms with E-state index in [1.165, 1.54) is 6.08 Å². The lowest BCUT2D eigenvalue weighted by Crippen LogP contribution is -2.48. The molecule has 0 unspecified atom stereocenters. The number of nitrogens with zero attached hydrogens (tertiary/aromatic N) is 4. The zero-order chi connectivity index (χ0) is 19.7. The van der Waals surface area contributed by atoms with Crippen LogP contribution in [-0.4, -0.2) is 47.2 Å². The molecular formula is C21H18Cl2N4O. The molecule has 0 N–H and O–H groups in total. The van der Waals surface area contributed by atoms with Gasteiger partial charge in [-0.25, -0.2) is 0 Å². The summed E-state index contributed by atoms with van der Waals surface area (Å²) in [5.74, 6) is 0.698. The fourth-order valence-electron chi connectivity index (χ4n) is 3.44. The Morgan fingerprint density at radius 3 is 2.25 bits per heavy atom. The molecule has 0 spiro atoms. The third-order valence-corrected chi connectivity index (χ3v) is 5.64. The standard InChI is InChI=1S/C21H18Cl2N4O/c1-2-19(28)26-8-10-27(11-9-26)21-16-13-18(23)17(22)12-15(16)20(24-25-21)14-6-4-3-5-7-14/h2-7,12-13H,1,8-11H2. The molecule has 0 saturated carbocycles. The molecule has 1 aliphatic rings. The molecule has 3 aromatic rings. The summed E-state index contributed by atoms with van der Waals surface area (Å²) >= 11 is 12.6. The van der Waals surface area contributed by atoms with E-state index in [0.717, 1.165) is 27.8 Å². The second kappa shape index (κ2) is 7.78. The van der Waals surface area contributed by atoms with Gasteiger partial charge in [0.2, 0.25) is 5.91 Å². The SMILES string of the molecule is C=CC(=O)N1CCN(c2nnc(-c3ccccc3)c3cc(Cl)c(Cl)cc23)CC1. The average Bonchev–Trinajstić information content (AvgIpc) is 2.74. The van der Waals surface area contributed by atoms with Crippen LogP contribution in [0.2, 0.25) is 10.0 Å². The molecular weight excluding hydrogens is 395 g/mol. The van der Waals surface area contributed by atoms with Crippen molar-refractivity contribution in [3.63, 3.8) is 0 Å². The molecule has 0 bridgehead atoms. The third kappa shape index (κ3) is 3.43. The minimum atomic E-state index is -0.0511. The minimum Gasteiger partial charge on any atom is -0.351 e. The maximum atomic E-state index is 11.8. The Morgan fingerprint density at radius 2 is 1.61 bits per heavy atom. The lowest BCUT2D eigenvalue weighted by Gasteiger charge is -2.35. The number of carbonyl (C=O) groups is 1. The number of hydrogen-bond acceptors (Lipinski definition) is 4. The van der Waals surface area contributed by atoms with Crippen LogP contribution in [0.1, 0.15) is 0 Å². The Labute approximate surface area is 173 Å². The van der Waals surface area contributed by atoms with Gasteiger partial charge in [-0.2, -0.15) is 0 Å². The topological polar surface area (TPSA) is 49.3 Å². The number of halogens is 2. The van der Waals surface area contributed by atoms with E-state index in [9.17, 15) is 4.79 Å². The number of benzene rings is 2. The Balaban J connectivity index is 1.77. The van der Waals surface area contributed by atoms with Crippen LogP contribution in [0.5, 0.6) is 0 Å². The molecule has 1 fully saturated rings. The molecule has 142 valence electrons. The Bertz CT molecular complexity index is 1050. The molecule has 1 saturated heterocycles. The number of carbonyl (C=O) groups excluding carboxylic acids is 1. The van der Waals surface area contributed by atoms with Crippen LogP contribution in [0.3, 0.4) is 0 Å². The molecule has 1 aromatic heterocycles. The number of rotatable bonds is 3. The summed E-state index contributed by atoms with van der Waals surface area (Å²) in [6.45, 7) is 6.09. The molecule has 1 amide bonds. The Morgan fingerprint density at radius 1 is 0.964 bits per heavy atom. The van der Waals surface area contributed by atoms with E-state index >= 15 is 0 Å². The van der Waals surface area contributed by atoms with Crippen molar-refractivity contribution in [2.75, 3.05) is 31.1 Å². The summed E-state index contributed by atoms with van der Waals surface area (Å²) in [7, 11) is 0. The van der Waals surface area contributed by atoms with E-state index in [1.807, 2.05) is 42.5 Å². The zero-order valence-corrected chi connectivity index (χ0v) is 16.6. The third-order valence-electron chi connectivity index (χ3n) is 4.91. The first-order chi connectivity index (χ1) is 13.6. The summed E-state index contributed by atoms with van der Waals surface area (Å²) in [6.07, 6.45) is 1.35. The number of piperazine rings is 1. The number of fused-ring (bicyclic) bond motifs is 1. The van der Waals surface area contributed by atoms with Crippen molar-refractivity contribution in [2.45, 2.75) is 0 Å². The van der Waals surface area contributed by atoms with Gasteiger partial charge in [0, 0.05) is 42.5 Å². The van der Waals surface area contributed by atoms with E-state index in [0.29, 0.717) is 36.2 Å². The van der Waals surface area contributed by atoms with E-state index in [-0.39, 0.29) is 5.91 Å². The summed E-state index contributed by atoms with van der Waals surface area (Å²) in [5.41, 5.74) is 1.73. The van der Waals surface area contributed by atoms with E-state index < -0.39 is 0 Å². The van der Waals surface area contributed by atoms with Crippen molar-refractivity contribution in [3.05, 3.63) is 65.2 Å². The van der Waals surface area contributed by atoms with Gasteiger partial charge in [0.15, 0.2) is 5.82 Å². The maximum absolute atomic E-state index is 11.8. The van der Waals surface area contributed by atoms with Gasteiger partial charge >= 0.3 is 0 Å². The molecule has 2 heterocycles. The number of hydrogen-bond donors (Lipinski definition) is 0. The highest BCUT2D eigenvalue weighted by Gasteiger charge is 2.23. The first-order valence-corrected chi connectivity index (χ1v) is 9.71.